The maximum absolute atomic E-state index is 13.4. The average molecular weight is 359 g/mol. The minimum atomic E-state index is -4.48. The van der Waals surface area contributed by atoms with E-state index < -0.39 is 17.6 Å². The minimum Gasteiger partial charge on any atom is -0.492 e. The van der Waals surface area contributed by atoms with Gasteiger partial charge in [0.1, 0.15) is 11.6 Å². The van der Waals surface area contributed by atoms with Gasteiger partial charge in [-0.2, -0.15) is 18.3 Å². The Kier molecular flexibility index (Phi) is 4.36. The fraction of sp³-hybridized carbons (Fsp3) is 0.188. The molecule has 0 saturated heterocycles. The third kappa shape index (κ3) is 3.46. The summed E-state index contributed by atoms with van der Waals surface area (Å²) in [6.45, 7) is 0.343. The first-order chi connectivity index (χ1) is 11.3. The van der Waals surface area contributed by atoms with E-state index in [9.17, 15) is 17.6 Å². The normalized spacial score (nSPS) is 15.8. The number of hydrogen-bond acceptors (Lipinski definition) is 3. The van der Waals surface area contributed by atoms with Crippen LogP contribution in [0.15, 0.2) is 41.5 Å². The van der Waals surface area contributed by atoms with Crippen LogP contribution < -0.4 is 10.2 Å². The third-order valence-corrected chi connectivity index (χ3v) is 3.78. The Balaban J connectivity index is 1.91. The van der Waals surface area contributed by atoms with Crippen LogP contribution in [0, 0.1) is 5.82 Å². The lowest BCUT2D eigenvalue weighted by molar-refractivity contribution is -0.137. The number of rotatable bonds is 2. The van der Waals surface area contributed by atoms with Crippen LogP contribution in [0.2, 0.25) is 5.02 Å². The summed E-state index contributed by atoms with van der Waals surface area (Å²) in [5.74, 6) is 0.0161. The molecule has 0 aliphatic carbocycles. The Labute approximate surface area is 139 Å². The Hall–Kier alpha value is -2.28. The molecular formula is C16H11ClF4N2O. The number of fused-ring (bicyclic) bond motifs is 1. The van der Waals surface area contributed by atoms with Gasteiger partial charge in [0.25, 0.3) is 0 Å². The molecule has 0 amide bonds. The van der Waals surface area contributed by atoms with Crippen molar-refractivity contribution in [1.29, 1.82) is 0 Å². The number of hydrazone groups is 1. The highest BCUT2D eigenvalue weighted by molar-refractivity contribution is 6.33. The van der Waals surface area contributed by atoms with Crippen LogP contribution in [0.25, 0.3) is 0 Å². The van der Waals surface area contributed by atoms with E-state index >= 15 is 0 Å². The monoisotopic (exact) mass is 358 g/mol. The minimum absolute atomic E-state index is 0.0171. The highest BCUT2D eigenvalue weighted by Crippen LogP contribution is 2.34. The first kappa shape index (κ1) is 16.6. The largest absolute Gasteiger partial charge is 0.492 e. The second-order valence-electron chi connectivity index (χ2n) is 5.10. The SMILES string of the molecule is Fc1ccc2c(c1)C(=NNc1cc(C(F)(F)F)ccc1Cl)CCO2. The number of nitrogens with zero attached hydrogens (tertiary/aromatic N) is 1. The molecule has 0 fully saturated rings. The van der Waals surface area contributed by atoms with Gasteiger partial charge in [-0.25, -0.2) is 4.39 Å². The number of halogens is 5. The van der Waals surface area contributed by atoms with Crippen molar-refractivity contribution < 1.29 is 22.3 Å². The summed E-state index contributed by atoms with van der Waals surface area (Å²) in [6.07, 6.45) is -4.09. The van der Waals surface area contributed by atoms with Crippen LogP contribution in [0.3, 0.4) is 0 Å². The molecule has 1 aliphatic heterocycles. The number of benzene rings is 2. The van der Waals surface area contributed by atoms with Gasteiger partial charge in [-0.05, 0) is 36.4 Å². The van der Waals surface area contributed by atoms with Gasteiger partial charge in [0.2, 0.25) is 0 Å². The van der Waals surface area contributed by atoms with Gasteiger partial charge in [-0.15, -0.1) is 0 Å². The molecule has 0 unspecified atom stereocenters. The van der Waals surface area contributed by atoms with Gasteiger partial charge in [-0.3, -0.25) is 5.43 Å². The van der Waals surface area contributed by atoms with Gasteiger partial charge in [-0.1, -0.05) is 11.6 Å². The van der Waals surface area contributed by atoms with Crippen molar-refractivity contribution in [2.45, 2.75) is 12.6 Å². The molecule has 1 aliphatic rings. The molecule has 0 spiro atoms. The van der Waals surface area contributed by atoms with Gasteiger partial charge in [0, 0.05) is 12.0 Å². The summed E-state index contributed by atoms with van der Waals surface area (Å²) in [4.78, 5) is 0. The van der Waals surface area contributed by atoms with E-state index in [-0.39, 0.29) is 10.7 Å². The summed E-state index contributed by atoms with van der Waals surface area (Å²) in [7, 11) is 0. The maximum Gasteiger partial charge on any atom is 0.416 e. The van der Waals surface area contributed by atoms with E-state index in [1.54, 1.807) is 0 Å². The van der Waals surface area contributed by atoms with Crippen LogP contribution in [0.5, 0.6) is 5.75 Å². The molecule has 0 atom stereocenters. The van der Waals surface area contributed by atoms with Crippen molar-refractivity contribution in [3.8, 4) is 5.75 Å². The van der Waals surface area contributed by atoms with E-state index in [2.05, 4.69) is 10.5 Å². The Bertz CT molecular complexity index is 805. The Morgan fingerprint density at radius 3 is 2.67 bits per heavy atom. The molecule has 24 heavy (non-hydrogen) atoms. The summed E-state index contributed by atoms with van der Waals surface area (Å²) in [6, 6.07) is 6.92. The molecule has 3 rings (SSSR count). The fourth-order valence-corrected chi connectivity index (χ4v) is 2.44. The van der Waals surface area contributed by atoms with E-state index in [0.29, 0.717) is 30.1 Å². The first-order valence-corrected chi connectivity index (χ1v) is 7.34. The van der Waals surface area contributed by atoms with Crippen molar-refractivity contribution in [2.24, 2.45) is 5.10 Å². The smallest absolute Gasteiger partial charge is 0.416 e. The molecule has 2 aromatic carbocycles. The van der Waals surface area contributed by atoms with E-state index in [1.807, 2.05) is 0 Å². The molecule has 0 radical (unpaired) electrons. The molecule has 8 heteroatoms. The quantitative estimate of drug-likeness (QED) is 0.599. The maximum atomic E-state index is 13.4. The summed E-state index contributed by atoms with van der Waals surface area (Å²) in [5.41, 5.74) is 2.64. The van der Waals surface area contributed by atoms with Crippen molar-refractivity contribution in [2.75, 3.05) is 12.0 Å². The zero-order valence-corrected chi connectivity index (χ0v) is 12.9. The number of alkyl halides is 3. The van der Waals surface area contributed by atoms with Crippen molar-refractivity contribution in [3.05, 3.63) is 58.4 Å². The van der Waals surface area contributed by atoms with Gasteiger partial charge < -0.3 is 4.74 Å². The average Bonchev–Trinajstić information content (AvgIpc) is 2.53. The van der Waals surface area contributed by atoms with E-state index in [4.69, 9.17) is 16.3 Å². The molecule has 0 saturated carbocycles. The number of nitrogens with one attached hydrogen (secondary N) is 1. The van der Waals surface area contributed by atoms with Crippen molar-refractivity contribution >= 4 is 23.0 Å². The molecule has 3 nitrogen and oxygen atoms in total. The molecule has 2 aromatic rings. The molecule has 1 N–H and O–H groups in total. The van der Waals surface area contributed by atoms with Crippen LogP contribution in [0.4, 0.5) is 23.2 Å². The highest BCUT2D eigenvalue weighted by Gasteiger charge is 2.31. The number of hydrogen-bond donors (Lipinski definition) is 1. The molecule has 0 bridgehead atoms. The van der Waals surface area contributed by atoms with Crippen LogP contribution in [-0.4, -0.2) is 12.3 Å². The summed E-state index contributed by atoms with van der Waals surface area (Å²) in [5, 5.41) is 4.18. The highest BCUT2D eigenvalue weighted by atomic mass is 35.5. The van der Waals surface area contributed by atoms with Crippen molar-refractivity contribution in [1.82, 2.24) is 0 Å². The van der Waals surface area contributed by atoms with Crippen LogP contribution in [-0.2, 0) is 6.18 Å². The predicted molar refractivity (Wildman–Crippen MR) is 83.1 cm³/mol. The second kappa shape index (κ2) is 6.32. The van der Waals surface area contributed by atoms with Gasteiger partial charge in [0.15, 0.2) is 0 Å². The summed E-state index contributed by atoms with van der Waals surface area (Å²) < 4.78 is 57.1. The Morgan fingerprint density at radius 1 is 1.12 bits per heavy atom. The van der Waals surface area contributed by atoms with Crippen LogP contribution >= 0.6 is 11.6 Å². The number of ether oxygens (including phenoxy) is 1. The zero-order valence-electron chi connectivity index (χ0n) is 12.1. The lowest BCUT2D eigenvalue weighted by Gasteiger charge is -2.19. The topological polar surface area (TPSA) is 33.6 Å². The van der Waals surface area contributed by atoms with E-state index in [1.165, 1.54) is 18.2 Å². The standard InChI is InChI=1S/C16H11ClF4N2O/c17-12-3-1-9(16(19,20)21)7-14(12)23-22-13-5-6-24-15-4-2-10(18)8-11(13)15/h1-4,7-8,23H,5-6H2. The lowest BCUT2D eigenvalue weighted by atomic mass is 10.0. The fourth-order valence-electron chi connectivity index (χ4n) is 2.28. The molecule has 126 valence electrons. The summed E-state index contributed by atoms with van der Waals surface area (Å²) >= 11 is 5.91. The molecule has 1 heterocycles. The van der Waals surface area contributed by atoms with Gasteiger partial charge >= 0.3 is 6.18 Å². The number of anilines is 1. The third-order valence-electron chi connectivity index (χ3n) is 3.45. The second-order valence-corrected chi connectivity index (χ2v) is 5.51. The van der Waals surface area contributed by atoms with Gasteiger partial charge in [0.05, 0.1) is 28.6 Å². The van der Waals surface area contributed by atoms with E-state index in [0.717, 1.165) is 18.2 Å². The lowest BCUT2D eigenvalue weighted by Crippen LogP contribution is -2.17. The zero-order chi connectivity index (χ0) is 17.3. The first-order valence-electron chi connectivity index (χ1n) is 6.96. The Morgan fingerprint density at radius 2 is 1.92 bits per heavy atom. The predicted octanol–water partition coefficient (Wildman–Crippen LogP) is 5.10. The molecule has 0 aromatic heterocycles. The van der Waals surface area contributed by atoms with Crippen molar-refractivity contribution in [3.63, 3.8) is 0 Å². The molecular weight excluding hydrogens is 348 g/mol. The van der Waals surface area contributed by atoms with Crippen LogP contribution in [0.1, 0.15) is 17.5 Å².